The summed E-state index contributed by atoms with van der Waals surface area (Å²) < 4.78 is 12.9. The maximum absolute atomic E-state index is 12.9. The predicted molar refractivity (Wildman–Crippen MR) is 50.6 cm³/mol. The molecule has 3 heteroatoms. The Kier molecular flexibility index (Phi) is 3.20. The largest absolute Gasteiger partial charge is 0.289 e. The Morgan fingerprint density at radius 3 is 2.85 bits per heavy atom. The van der Waals surface area contributed by atoms with Crippen molar-refractivity contribution in [1.29, 1.82) is 0 Å². The molecule has 0 N–H and O–H groups in total. The van der Waals surface area contributed by atoms with E-state index in [0.717, 1.165) is 0 Å². The lowest BCUT2D eigenvalue weighted by Crippen LogP contribution is -1.96. The van der Waals surface area contributed by atoms with Crippen LogP contribution in [0.5, 0.6) is 0 Å². The number of carbonyl (C=O) groups excluding carboxylic acids is 1. The molecule has 0 aliphatic carbocycles. The monoisotopic (exact) mass is 198 g/mol. The summed E-state index contributed by atoms with van der Waals surface area (Å²) in [6.45, 7) is 1.71. The zero-order valence-corrected chi connectivity index (χ0v) is 7.81. The van der Waals surface area contributed by atoms with Gasteiger partial charge in [-0.25, -0.2) is 4.39 Å². The first-order valence-corrected chi connectivity index (χ1v) is 4.15. The molecule has 0 saturated heterocycles. The van der Waals surface area contributed by atoms with Crippen molar-refractivity contribution < 1.29 is 9.18 Å². The molecule has 0 aromatic heterocycles. The molecule has 0 spiro atoms. The molecule has 0 radical (unpaired) electrons. The Morgan fingerprint density at radius 2 is 2.23 bits per heavy atom. The van der Waals surface area contributed by atoms with Crippen molar-refractivity contribution in [1.82, 2.24) is 0 Å². The Hall–Kier alpha value is -1.15. The van der Waals surface area contributed by atoms with Gasteiger partial charge in [-0.1, -0.05) is 23.7 Å². The average molecular weight is 199 g/mol. The molecule has 0 fully saturated rings. The van der Waals surface area contributed by atoms with Gasteiger partial charge >= 0.3 is 0 Å². The predicted octanol–water partition coefficient (Wildman–Crippen LogP) is 3.24. The Labute approximate surface area is 80.8 Å². The molecule has 0 heterocycles. The molecular formula is C10H8ClFO. The highest BCUT2D eigenvalue weighted by Gasteiger charge is 2.09. The van der Waals surface area contributed by atoms with E-state index < -0.39 is 5.82 Å². The number of allylic oxidation sites excluding steroid dienone is 2. The van der Waals surface area contributed by atoms with Crippen LogP contribution in [0.2, 0.25) is 5.02 Å². The van der Waals surface area contributed by atoms with E-state index in [1.165, 1.54) is 24.3 Å². The Morgan fingerprint density at radius 1 is 1.54 bits per heavy atom. The van der Waals surface area contributed by atoms with Gasteiger partial charge in [0.1, 0.15) is 5.82 Å². The molecule has 1 nitrogen and oxygen atoms in total. The second-order valence-corrected chi connectivity index (χ2v) is 2.84. The summed E-state index contributed by atoms with van der Waals surface area (Å²) in [5.74, 6) is -0.857. The standard InChI is InChI=1S/C10H8ClFO/c1-2-4-9(13)7-5-3-6-8(12)10(7)11/h2-6H,1H3. The van der Waals surface area contributed by atoms with E-state index in [0.29, 0.717) is 0 Å². The fourth-order valence-electron chi connectivity index (χ4n) is 0.935. The van der Waals surface area contributed by atoms with Crippen LogP contribution in [0.15, 0.2) is 30.4 Å². The first-order chi connectivity index (χ1) is 6.16. The van der Waals surface area contributed by atoms with Crippen molar-refractivity contribution in [2.45, 2.75) is 6.92 Å². The highest BCUT2D eigenvalue weighted by molar-refractivity contribution is 6.34. The maximum Gasteiger partial charge on any atom is 0.187 e. The summed E-state index contributed by atoms with van der Waals surface area (Å²) in [5.41, 5.74) is 0.194. The summed E-state index contributed by atoms with van der Waals surface area (Å²) in [6.07, 6.45) is 2.93. The quantitative estimate of drug-likeness (QED) is 0.527. The molecule has 0 atom stereocenters. The van der Waals surface area contributed by atoms with Crippen LogP contribution in [0.4, 0.5) is 4.39 Å². The van der Waals surface area contributed by atoms with Gasteiger partial charge in [0, 0.05) is 5.56 Å². The van der Waals surface area contributed by atoms with Crippen molar-refractivity contribution in [3.8, 4) is 0 Å². The molecule has 0 unspecified atom stereocenters. The van der Waals surface area contributed by atoms with Crippen LogP contribution in [0.25, 0.3) is 0 Å². The van der Waals surface area contributed by atoms with Crippen molar-refractivity contribution in [3.63, 3.8) is 0 Å². The number of halogens is 2. The van der Waals surface area contributed by atoms with Gasteiger partial charge in [-0.15, -0.1) is 0 Å². The summed E-state index contributed by atoms with van der Waals surface area (Å²) in [4.78, 5) is 11.3. The number of benzene rings is 1. The fraction of sp³-hybridized carbons (Fsp3) is 0.100. The van der Waals surface area contributed by atoms with E-state index in [4.69, 9.17) is 11.6 Å². The van der Waals surface area contributed by atoms with Crippen molar-refractivity contribution in [2.75, 3.05) is 0 Å². The van der Waals surface area contributed by atoms with Gasteiger partial charge in [-0.2, -0.15) is 0 Å². The van der Waals surface area contributed by atoms with Crippen LogP contribution in [0.1, 0.15) is 17.3 Å². The van der Waals surface area contributed by atoms with E-state index in [2.05, 4.69) is 0 Å². The van der Waals surface area contributed by atoms with Crippen LogP contribution in [-0.2, 0) is 0 Å². The van der Waals surface area contributed by atoms with Gasteiger partial charge < -0.3 is 0 Å². The second kappa shape index (κ2) is 4.19. The van der Waals surface area contributed by atoms with Crippen LogP contribution in [0.3, 0.4) is 0 Å². The maximum atomic E-state index is 12.9. The van der Waals surface area contributed by atoms with E-state index in [1.54, 1.807) is 13.0 Å². The summed E-state index contributed by atoms with van der Waals surface area (Å²) in [5, 5.41) is -0.120. The lowest BCUT2D eigenvalue weighted by molar-refractivity contribution is 0.104. The molecule has 13 heavy (non-hydrogen) atoms. The minimum absolute atomic E-state index is 0.120. The third-order valence-electron chi connectivity index (χ3n) is 1.54. The zero-order chi connectivity index (χ0) is 9.84. The lowest BCUT2D eigenvalue weighted by Gasteiger charge is -1.99. The van der Waals surface area contributed by atoms with E-state index >= 15 is 0 Å². The first-order valence-electron chi connectivity index (χ1n) is 3.78. The van der Waals surface area contributed by atoms with Crippen LogP contribution >= 0.6 is 11.6 Å². The molecule has 1 rings (SSSR count). The molecule has 0 saturated carbocycles. The van der Waals surface area contributed by atoms with Crippen molar-refractivity contribution in [3.05, 3.63) is 46.8 Å². The smallest absolute Gasteiger partial charge is 0.187 e. The zero-order valence-electron chi connectivity index (χ0n) is 7.05. The number of rotatable bonds is 2. The van der Waals surface area contributed by atoms with Gasteiger partial charge in [0.25, 0.3) is 0 Å². The molecule has 0 amide bonds. The number of hydrogen-bond acceptors (Lipinski definition) is 1. The Balaban J connectivity index is 3.15. The Bertz CT molecular complexity index is 358. The third-order valence-corrected chi connectivity index (χ3v) is 1.92. The van der Waals surface area contributed by atoms with Gasteiger partial charge in [0.15, 0.2) is 5.78 Å². The van der Waals surface area contributed by atoms with Crippen LogP contribution in [-0.4, -0.2) is 5.78 Å². The number of hydrogen-bond donors (Lipinski definition) is 0. The molecule has 0 aliphatic heterocycles. The van der Waals surface area contributed by atoms with Crippen molar-refractivity contribution in [2.24, 2.45) is 0 Å². The highest BCUT2D eigenvalue weighted by atomic mass is 35.5. The van der Waals surface area contributed by atoms with Gasteiger partial charge in [0.05, 0.1) is 5.02 Å². The third kappa shape index (κ3) is 2.16. The minimum atomic E-state index is -0.572. The molecule has 0 aliphatic rings. The fourth-order valence-corrected chi connectivity index (χ4v) is 1.15. The summed E-state index contributed by atoms with van der Waals surface area (Å²) in [7, 11) is 0. The molecule has 68 valence electrons. The van der Waals surface area contributed by atoms with Gasteiger partial charge in [-0.05, 0) is 25.1 Å². The van der Waals surface area contributed by atoms with E-state index in [9.17, 15) is 9.18 Å². The molecule has 0 bridgehead atoms. The number of ketones is 1. The van der Waals surface area contributed by atoms with Crippen molar-refractivity contribution >= 4 is 17.4 Å². The average Bonchev–Trinajstić information content (AvgIpc) is 2.10. The van der Waals surface area contributed by atoms with E-state index in [-0.39, 0.29) is 16.4 Å². The van der Waals surface area contributed by atoms with E-state index in [1.807, 2.05) is 0 Å². The van der Waals surface area contributed by atoms with Crippen LogP contribution in [0, 0.1) is 5.82 Å². The summed E-state index contributed by atoms with van der Waals surface area (Å²) in [6, 6.07) is 4.17. The molecular weight excluding hydrogens is 191 g/mol. The van der Waals surface area contributed by atoms with Crippen LogP contribution < -0.4 is 0 Å². The first kappa shape index (κ1) is 9.93. The highest BCUT2D eigenvalue weighted by Crippen LogP contribution is 2.20. The second-order valence-electron chi connectivity index (χ2n) is 2.47. The molecule has 1 aromatic carbocycles. The lowest BCUT2D eigenvalue weighted by atomic mass is 10.1. The van der Waals surface area contributed by atoms with Gasteiger partial charge in [-0.3, -0.25) is 4.79 Å². The summed E-state index contributed by atoms with van der Waals surface area (Å²) >= 11 is 5.59. The molecule has 1 aromatic rings. The normalized spacial score (nSPS) is 10.7. The number of carbonyl (C=O) groups is 1. The topological polar surface area (TPSA) is 17.1 Å². The minimum Gasteiger partial charge on any atom is -0.289 e. The van der Waals surface area contributed by atoms with Gasteiger partial charge in [0.2, 0.25) is 0 Å². The SMILES string of the molecule is CC=CC(=O)c1cccc(F)c1Cl.